The molecule has 94 valence electrons. The van der Waals surface area contributed by atoms with Crippen molar-refractivity contribution in [2.24, 2.45) is 0 Å². The van der Waals surface area contributed by atoms with Gasteiger partial charge in [-0.3, -0.25) is 0 Å². The normalized spacial score (nSPS) is 10.6. The second-order valence-electron chi connectivity index (χ2n) is 4.29. The molecule has 0 radical (unpaired) electrons. The number of hydrogen-bond donors (Lipinski definition) is 1. The van der Waals surface area contributed by atoms with Crippen LogP contribution in [0.1, 0.15) is 22.6 Å². The van der Waals surface area contributed by atoms with Crippen LogP contribution in [0, 0.1) is 25.4 Å². The number of rotatable bonds is 3. The zero-order chi connectivity index (χ0) is 13.1. The minimum absolute atomic E-state index is 0.701. The first-order valence-electron chi connectivity index (χ1n) is 5.83. The largest absolute Gasteiger partial charge is 0.346 e. The van der Waals surface area contributed by atoms with Gasteiger partial charge in [0.2, 0.25) is 0 Å². The van der Waals surface area contributed by atoms with Gasteiger partial charge in [-0.15, -0.1) is 11.8 Å². The lowest BCUT2D eigenvalue weighted by atomic mass is 10.2. The molecule has 18 heavy (non-hydrogen) atoms. The number of hydrogen-bond acceptors (Lipinski definition) is 3. The summed E-state index contributed by atoms with van der Waals surface area (Å²) in [5, 5.41) is 0. The SMILES string of the molecule is Cc1ccccc1SCc1nc(=S)c(C)c(C)[nH]1. The Kier molecular flexibility index (Phi) is 4.19. The summed E-state index contributed by atoms with van der Waals surface area (Å²) in [4.78, 5) is 9.01. The maximum Gasteiger partial charge on any atom is 0.132 e. The minimum atomic E-state index is 0.701. The van der Waals surface area contributed by atoms with Crippen molar-refractivity contribution >= 4 is 24.0 Å². The van der Waals surface area contributed by atoms with E-state index in [1.165, 1.54) is 10.5 Å². The predicted molar refractivity (Wildman–Crippen MR) is 79.6 cm³/mol. The summed E-state index contributed by atoms with van der Waals surface area (Å²) in [5.41, 5.74) is 3.47. The average molecular weight is 276 g/mol. The summed E-state index contributed by atoms with van der Waals surface area (Å²) in [5.74, 6) is 1.76. The fraction of sp³-hybridized carbons (Fsp3) is 0.286. The Hall–Kier alpha value is -1.13. The molecule has 1 heterocycles. The molecular weight excluding hydrogens is 260 g/mol. The summed E-state index contributed by atoms with van der Waals surface area (Å²) >= 11 is 7.03. The summed E-state index contributed by atoms with van der Waals surface area (Å²) < 4.78 is 0.701. The lowest BCUT2D eigenvalue weighted by molar-refractivity contribution is 0.961. The van der Waals surface area contributed by atoms with E-state index in [4.69, 9.17) is 12.2 Å². The van der Waals surface area contributed by atoms with Crippen molar-refractivity contribution < 1.29 is 0 Å². The fourth-order valence-electron chi connectivity index (χ4n) is 1.64. The van der Waals surface area contributed by atoms with Crippen molar-refractivity contribution in [1.29, 1.82) is 0 Å². The molecular formula is C14H16N2S2. The number of H-pyrrole nitrogens is 1. The van der Waals surface area contributed by atoms with Crippen molar-refractivity contribution in [3.63, 3.8) is 0 Å². The van der Waals surface area contributed by atoms with Gasteiger partial charge in [-0.1, -0.05) is 30.4 Å². The van der Waals surface area contributed by atoms with Gasteiger partial charge in [0.1, 0.15) is 10.5 Å². The van der Waals surface area contributed by atoms with Crippen LogP contribution in [0.4, 0.5) is 0 Å². The molecule has 0 bridgehead atoms. The molecule has 0 unspecified atom stereocenters. The highest BCUT2D eigenvalue weighted by atomic mass is 32.2. The molecule has 0 aliphatic heterocycles. The lowest BCUT2D eigenvalue weighted by Gasteiger charge is -2.07. The Balaban J connectivity index is 2.17. The molecule has 2 nitrogen and oxygen atoms in total. The number of benzene rings is 1. The number of aromatic amines is 1. The van der Waals surface area contributed by atoms with Crippen LogP contribution in [0.25, 0.3) is 0 Å². The molecule has 0 atom stereocenters. The number of aryl methyl sites for hydroxylation is 2. The summed E-state index contributed by atoms with van der Waals surface area (Å²) in [6.07, 6.45) is 0. The highest BCUT2D eigenvalue weighted by Gasteiger charge is 2.03. The molecule has 0 saturated carbocycles. The third-order valence-electron chi connectivity index (χ3n) is 2.91. The average Bonchev–Trinajstić information content (AvgIpc) is 2.35. The Morgan fingerprint density at radius 3 is 2.61 bits per heavy atom. The first kappa shape index (κ1) is 13.3. The third-order valence-corrected chi connectivity index (χ3v) is 4.49. The van der Waals surface area contributed by atoms with E-state index in [9.17, 15) is 0 Å². The Labute approximate surface area is 117 Å². The van der Waals surface area contributed by atoms with E-state index in [-0.39, 0.29) is 0 Å². The molecule has 0 amide bonds. The molecule has 0 spiro atoms. The highest BCUT2D eigenvalue weighted by molar-refractivity contribution is 7.98. The highest BCUT2D eigenvalue weighted by Crippen LogP contribution is 2.24. The predicted octanol–water partition coefficient (Wildman–Crippen LogP) is 4.36. The quantitative estimate of drug-likeness (QED) is 0.667. The Morgan fingerprint density at radius 1 is 1.22 bits per heavy atom. The van der Waals surface area contributed by atoms with Crippen LogP contribution in [-0.4, -0.2) is 9.97 Å². The van der Waals surface area contributed by atoms with Gasteiger partial charge in [-0.25, -0.2) is 4.98 Å². The molecule has 2 rings (SSSR count). The number of aromatic nitrogens is 2. The second-order valence-corrected chi connectivity index (χ2v) is 5.70. The maximum absolute atomic E-state index is 5.24. The van der Waals surface area contributed by atoms with Crippen LogP contribution in [-0.2, 0) is 5.75 Å². The number of nitrogens with zero attached hydrogens (tertiary/aromatic N) is 1. The molecule has 0 saturated heterocycles. The van der Waals surface area contributed by atoms with Crippen molar-refractivity contribution in [2.75, 3.05) is 0 Å². The summed E-state index contributed by atoms with van der Waals surface area (Å²) in [7, 11) is 0. The van der Waals surface area contributed by atoms with Gasteiger partial charge in [0.05, 0.1) is 5.75 Å². The van der Waals surface area contributed by atoms with Crippen LogP contribution in [0.3, 0.4) is 0 Å². The first-order chi connectivity index (χ1) is 8.58. The number of thioether (sulfide) groups is 1. The molecule has 4 heteroatoms. The van der Waals surface area contributed by atoms with Crippen molar-refractivity contribution in [3.05, 3.63) is 51.6 Å². The van der Waals surface area contributed by atoms with Gasteiger partial charge in [-0.05, 0) is 32.4 Å². The smallest absolute Gasteiger partial charge is 0.132 e. The maximum atomic E-state index is 5.24. The molecule has 1 N–H and O–H groups in total. The Morgan fingerprint density at radius 2 is 1.94 bits per heavy atom. The van der Waals surface area contributed by atoms with Gasteiger partial charge in [0.25, 0.3) is 0 Å². The zero-order valence-electron chi connectivity index (χ0n) is 10.8. The summed E-state index contributed by atoms with van der Waals surface area (Å²) in [6, 6.07) is 8.38. The van der Waals surface area contributed by atoms with Gasteiger partial charge in [0.15, 0.2) is 0 Å². The minimum Gasteiger partial charge on any atom is -0.346 e. The van der Waals surface area contributed by atoms with Crippen LogP contribution in [0.2, 0.25) is 0 Å². The molecule has 1 aromatic carbocycles. The van der Waals surface area contributed by atoms with E-state index >= 15 is 0 Å². The number of nitrogens with one attached hydrogen (secondary N) is 1. The topological polar surface area (TPSA) is 28.7 Å². The van der Waals surface area contributed by atoms with Crippen molar-refractivity contribution in [2.45, 2.75) is 31.4 Å². The third kappa shape index (κ3) is 3.00. The Bertz CT molecular complexity index is 617. The van der Waals surface area contributed by atoms with E-state index in [2.05, 4.69) is 41.2 Å². The molecule has 0 aliphatic rings. The van der Waals surface area contributed by atoms with Crippen molar-refractivity contribution in [3.8, 4) is 0 Å². The fourth-order valence-corrected chi connectivity index (χ4v) is 2.80. The van der Waals surface area contributed by atoms with Gasteiger partial charge in [-0.2, -0.15) is 0 Å². The molecule has 0 aliphatic carbocycles. The van der Waals surface area contributed by atoms with E-state index in [1.54, 1.807) is 11.8 Å². The monoisotopic (exact) mass is 276 g/mol. The van der Waals surface area contributed by atoms with Crippen LogP contribution in [0.15, 0.2) is 29.2 Å². The van der Waals surface area contributed by atoms with Crippen LogP contribution < -0.4 is 0 Å². The van der Waals surface area contributed by atoms with Gasteiger partial charge in [0, 0.05) is 16.2 Å². The van der Waals surface area contributed by atoms with E-state index in [1.807, 2.05) is 13.8 Å². The molecule has 2 aromatic rings. The van der Waals surface area contributed by atoms with E-state index < -0.39 is 0 Å². The first-order valence-corrected chi connectivity index (χ1v) is 7.22. The summed E-state index contributed by atoms with van der Waals surface area (Å²) in [6.45, 7) is 6.16. The molecule has 1 aromatic heterocycles. The molecule has 0 fully saturated rings. The standard InChI is InChI=1S/C14H16N2S2/c1-9-6-4-5-7-12(9)18-8-13-15-11(3)10(2)14(17)16-13/h4-7H,8H2,1-3H3,(H,15,16,17). The van der Waals surface area contributed by atoms with Crippen LogP contribution in [0.5, 0.6) is 0 Å². The van der Waals surface area contributed by atoms with Crippen LogP contribution >= 0.6 is 24.0 Å². The zero-order valence-corrected chi connectivity index (χ0v) is 12.4. The van der Waals surface area contributed by atoms with Gasteiger partial charge >= 0.3 is 0 Å². The second kappa shape index (κ2) is 5.67. The van der Waals surface area contributed by atoms with E-state index in [0.29, 0.717) is 4.64 Å². The van der Waals surface area contributed by atoms with E-state index in [0.717, 1.165) is 22.8 Å². The van der Waals surface area contributed by atoms with Gasteiger partial charge < -0.3 is 4.98 Å². The van der Waals surface area contributed by atoms with Crippen molar-refractivity contribution in [1.82, 2.24) is 9.97 Å². The lowest BCUT2D eigenvalue weighted by Crippen LogP contribution is -1.99.